The molecule has 0 atom stereocenters. The Hall–Kier alpha value is -2.50. The lowest BCUT2D eigenvalue weighted by atomic mass is 10.3. The number of aryl methyl sites for hydroxylation is 2. The quantitative estimate of drug-likeness (QED) is 0.657. The maximum absolute atomic E-state index is 11.7. The Labute approximate surface area is 111 Å². The maximum atomic E-state index is 11.7. The van der Waals surface area contributed by atoms with Crippen molar-refractivity contribution in [1.29, 1.82) is 0 Å². The molecule has 1 amide bonds. The third-order valence-corrected chi connectivity index (χ3v) is 2.51. The molecule has 0 spiro atoms. The maximum Gasteiger partial charge on any atom is 0.261 e. The van der Waals surface area contributed by atoms with Gasteiger partial charge in [0.25, 0.3) is 5.91 Å². The van der Waals surface area contributed by atoms with Gasteiger partial charge in [-0.2, -0.15) is 10.2 Å². The SMILES string of the molecule is Cc1cc(C)n(CC(=O)N/N=C/c2ccncc2)n1. The summed E-state index contributed by atoms with van der Waals surface area (Å²) in [7, 11) is 0. The first kappa shape index (κ1) is 12.9. The summed E-state index contributed by atoms with van der Waals surface area (Å²) in [6.45, 7) is 3.96. The molecule has 2 aromatic heterocycles. The zero-order valence-electron chi connectivity index (χ0n) is 10.9. The van der Waals surface area contributed by atoms with E-state index in [-0.39, 0.29) is 12.5 Å². The van der Waals surface area contributed by atoms with Crippen LogP contribution < -0.4 is 5.43 Å². The number of hydrazone groups is 1. The lowest BCUT2D eigenvalue weighted by molar-refractivity contribution is -0.121. The van der Waals surface area contributed by atoms with Crippen molar-refractivity contribution in [3.8, 4) is 0 Å². The van der Waals surface area contributed by atoms with E-state index in [0.717, 1.165) is 17.0 Å². The van der Waals surface area contributed by atoms with Gasteiger partial charge in [-0.1, -0.05) is 0 Å². The number of pyridine rings is 1. The molecule has 0 aliphatic rings. The predicted octanol–water partition coefficient (Wildman–Crippen LogP) is 1.05. The van der Waals surface area contributed by atoms with Gasteiger partial charge in [0.2, 0.25) is 0 Å². The first-order valence-electron chi connectivity index (χ1n) is 5.88. The van der Waals surface area contributed by atoms with Crippen LogP contribution >= 0.6 is 0 Å². The van der Waals surface area contributed by atoms with Gasteiger partial charge in [0, 0.05) is 18.1 Å². The molecule has 0 saturated carbocycles. The van der Waals surface area contributed by atoms with Gasteiger partial charge in [-0.3, -0.25) is 14.5 Å². The van der Waals surface area contributed by atoms with Gasteiger partial charge in [-0.05, 0) is 37.6 Å². The van der Waals surface area contributed by atoms with Crippen molar-refractivity contribution in [1.82, 2.24) is 20.2 Å². The van der Waals surface area contributed by atoms with Gasteiger partial charge < -0.3 is 0 Å². The van der Waals surface area contributed by atoms with E-state index in [1.165, 1.54) is 0 Å². The van der Waals surface area contributed by atoms with Crippen molar-refractivity contribution in [2.45, 2.75) is 20.4 Å². The summed E-state index contributed by atoms with van der Waals surface area (Å²) in [5, 5.41) is 8.09. The fourth-order valence-electron chi connectivity index (χ4n) is 1.63. The van der Waals surface area contributed by atoms with Crippen molar-refractivity contribution in [3.05, 3.63) is 47.5 Å². The molecule has 0 aliphatic carbocycles. The van der Waals surface area contributed by atoms with E-state index in [1.807, 2.05) is 19.9 Å². The topological polar surface area (TPSA) is 72.2 Å². The van der Waals surface area contributed by atoms with Crippen LogP contribution in [0.2, 0.25) is 0 Å². The smallest absolute Gasteiger partial charge is 0.261 e. The lowest BCUT2D eigenvalue weighted by Gasteiger charge is -2.02. The summed E-state index contributed by atoms with van der Waals surface area (Å²) >= 11 is 0. The van der Waals surface area contributed by atoms with Crippen LogP contribution in [-0.2, 0) is 11.3 Å². The van der Waals surface area contributed by atoms with Crippen molar-refractivity contribution in [2.24, 2.45) is 5.10 Å². The number of aromatic nitrogens is 3. The zero-order valence-corrected chi connectivity index (χ0v) is 10.9. The fraction of sp³-hybridized carbons (Fsp3) is 0.231. The molecule has 6 heteroatoms. The van der Waals surface area contributed by atoms with Crippen molar-refractivity contribution < 1.29 is 4.79 Å². The summed E-state index contributed by atoms with van der Waals surface area (Å²) in [6, 6.07) is 5.53. The number of hydrogen-bond acceptors (Lipinski definition) is 4. The van der Waals surface area contributed by atoms with Gasteiger partial charge in [0.15, 0.2) is 0 Å². The molecule has 2 rings (SSSR count). The van der Waals surface area contributed by atoms with Crippen LogP contribution in [0, 0.1) is 13.8 Å². The van der Waals surface area contributed by atoms with E-state index in [9.17, 15) is 4.79 Å². The van der Waals surface area contributed by atoms with Crippen molar-refractivity contribution in [2.75, 3.05) is 0 Å². The summed E-state index contributed by atoms with van der Waals surface area (Å²) < 4.78 is 1.65. The molecule has 98 valence electrons. The van der Waals surface area contributed by atoms with Crippen LogP contribution in [0.3, 0.4) is 0 Å². The second-order valence-corrected chi connectivity index (χ2v) is 4.16. The minimum atomic E-state index is -0.212. The van der Waals surface area contributed by atoms with Crippen LogP contribution in [0.25, 0.3) is 0 Å². The Balaban J connectivity index is 1.88. The Kier molecular flexibility index (Phi) is 4.02. The van der Waals surface area contributed by atoms with Gasteiger partial charge >= 0.3 is 0 Å². The zero-order chi connectivity index (χ0) is 13.7. The highest BCUT2D eigenvalue weighted by molar-refractivity contribution is 5.82. The molecular weight excluding hydrogens is 242 g/mol. The van der Waals surface area contributed by atoms with Gasteiger partial charge in [-0.25, -0.2) is 5.43 Å². The molecule has 6 nitrogen and oxygen atoms in total. The van der Waals surface area contributed by atoms with Gasteiger partial charge in [0.1, 0.15) is 6.54 Å². The molecule has 1 N–H and O–H groups in total. The molecule has 0 unspecified atom stereocenters. The molecule has 19 heavy (non-hydrogen) atoms. The van der Waals surface area contributed by atoms with Gasteiger partial charge in [-0.15, -0.1) is 0 Å². The summed E-state index contributed by atoms with van der Waals surface area (Å²) in [5.74, 6) is -0.212. The Morgan fingerprint density at radius 2 is 2.16 bits per heavy atom. The standard InChI is InChI=1S/C13H15N5O/c1-10-7-11(2)18(17-10)9-13(19)16-15-8-12-3-5-14-6-4-12/h3-8H,9H2,1-2H3,(H,16,19)/b15-8+. The summed E-state index contributed by atoms with van der Waals surface area (Å²) in [6.07, 6.45) is 4.90. The highest BCUT2D eigenvalue weighted by atomic mass is 16.2. The first-order chi connectivity index (χ1) is 9.15. The Bertz CT molecular complexity index is 588. The normalized spacial score (nSPS) is 10.8. The van der Waals surface area contributed by atoms with Crippen LogP contribution in [0.1, 0.15) is 17.0 Å². The van der Waals surface area contributed by atoms with E-state index >= 15 is 0 Å². The average molecular weight is 257 g/mol. The van der Waals surface area contributed by atoms with Crippen LogP contribution in [0.4, 0.5) is 0 Å². The third-order valence-electron chi connectivity index (χ3n) is 2.51. The number of rotatable bonds is 4. The second-order valence-electron chi connectivity index (χ2n) is 4.16. The van der Waals surface area contributed by atoms with E-state index in [0.29, 0.717) is 0 Å². The molecule has 0 aliphatic heterocycles. The largest absolute Gasteiger partial charge is 0.271 e. The highest BCUT2D eigenvalue weighted by Crippen LogP contribution is 2.00. The van der Waals surface area contributed by atoms with Crippen molar-refractivity contribution >= 4 is 12.1 Å². The van der Waals surface area contributed by atoms with Crippen molar-refractivity contribution in [3.63, 3.8) is 0 Å². The highest BCUT2D eigenvalue weighted by Gasteiger charge is 2.05. The number of nitrogens with zero attached hydrogens (tertiary/aromatic N) is 4. The first-order valence-corrected chi connectivity index (χ1v) is 5.88. The van der Waals surface area contributed by atoms with Gasteiger partial charge in [0.05, 0.1) is 11.9 Å². The number of hydrogen-bond donors (Lipinski definition) is 1. The monoisotopic (exact) mass is 257 g/mol. The van der Waals surface area contributed by atoms with E-state index in [4.69, 9.17) is 0 Å². The molecule has 0 aromatic carbocycles. The molecular formula is C13H15N5O. The fourth-order valence-corrected chi connectivity index (χ4v) is 1.63. The summed E-state index contributed by atoms with van der Waals surface area (Å²) in [4.78, 5) is 15.6. The third kappa shape index (κ3) is 3.74. The minimum Gasteiger partial charge on any atom is -0.271 e. The molecule has 2 heterocycles. The lowest BCUT2D eigenvalue weighted by Crippen LogP contribution is -2.24. The second kappa shape index (κ2) is 5.90. The molecule has 2 aromatic rings. The Morgan fingerprint density at radius 1 is 1.42 bits per heavy atom. The number of nitrogens with one attached hydrogen (secondary N) is 1. The van der Waals surface area contributed by atoms with Crippen LogP contribution in [-0.4, -0.2) is 26.9 Å². The Morgan fingerprint density at radius 3 is 2.79 bits per heavy atom. The molecule has 0 bridgehead atoms. The average Bonchev–Trinajstić information content (AvgIpc) is 2.69. The van der Waals surface area contributed by atoms with Crippen LogP contribution in [0.5, 0.6) is 0 Å². The van der Waals surface area contributed by atoms with E-state index < -0.39 is 0 Å². The van der Waals surface area contributed by atoms with Crippen LogP contribution in [0.15, 0.2) is 35.7 Å². The molecule has 0 saturated heterocycles. The minimum absolute atomic E-state index is 0.160. The van der Waals surface area contributed by atoms with E-state index in [2.05, 4.69) is 20.6 Å². The molecule has 0 fully saturated rings. The van der Waals surface area contributed by atoms with E-state index in [1.54, 1.807) is 35.4 Å². The predicted molar refractivity (Wildman–Crippen MR) is 71.7 cm³/mol. The molecule has 0 radical (unpaired) electrons. The summed E-state index contributed by atoms with van der Waals surface area (Å²) in [5.41, 5.74) is 5.19. The number of amides is 1. The number of carbonyl (C=O) groups excluding carboxylic acids is 1. The number of carbonyl (C=O) groups is 1.